The van der Waals surface area contributed by atoms with Crippen molar-refractivity contribution < 1.29 is 18.0 Å². The van der Waals surface area contributed by atoms with E-state index in [1.807, 2.05) is 13.8 Å². The van der Waals surface area contributed by atoms with Gasteiger partial charge in [0.1, 0.15) is 0 Å². The summed E-state index contributed by atoms with van der Waals surface area (Å²) in [4.78, 5) is 12.2. The number of alkyl halides is 3. The minimum Gasteiger partial charge on any atom is -0.369 e. The summed E-state index contributed by atoms with van der Waals surface area (Å²) < 4.78 is 37.6. The van der Waals surface area contributed by atoms with Gasteiger partial charge in [0.15, 0.2) is 0 Å². The van der Waals surface area contributed by atoms with Crippen molar-refractivity contribution in [2.24, 2.45) is 23.3 Å². The largest absolute Gasteiger partial charge is 0.394 e. The Kier molecular flexibility index (Phi) is 6.48. The highest BCUT2D eigenvalue weighted by atomic mass is 19.4. The zero-order valence-corrected chi connectivity index (χ0v) is 10.1. The Morgan fingerprint density at radius 1 is 1.29 bits per heavy atom. The first-order valence-electron chi connectivity index (χ1n) is 5.44. The molecular formula is C10H20F3N3O. The minimum absolute atomic E-state index is 0.154. The molecule has 0 saturated heterocycles. The summed E-state index contributed by atoms with van der Waals surface area (Å²) in [7, 11) is 0. The first-order valence-corrected chi connectivity index (χ1v) is 5.44. The standard InChI is InChI=1S/C10H20F3N3O/c1-7(2)4-16(6-9(15)17)5-8(3-14)10(11,12)13/h7-8H,3-6,14H2,1-2H3,(H2,15,17). The number of amides is 1. The van der Waals surface area contributed by atoms with Crippen LogP contribution in [0.25, 0.3) is 0 Å². The van der Waals surface area contributed by atoms with E-state index in [2.05, 4.69) is 0 Å². The SMILES string of the molecule is CC(C)CN(CC(N)=O)CC(CN)C(F)(F)F. The van der Waals surface area contributed by atoms with E-state index in [4.69, 9.17) is 11.5 Å². The molecule has 17 heavy (non-hydrogen) atoms. The van der Waals surface area contributed by atoms with Crippen molar-refractivity contribution in [1.82, 2.24) is 4.90 Å². The number of nitrogens with zero attached hydrogens (tertiary/aromatic N) is 1. The molecule has 1 amide bonds. The Hall–Kier alpha value is -0.820. The van der Waals surface area contributed by atoms with Crippen LogP contribution in [0.1, 0.15) is 13.8 Å². The molecule has 0 fully saturated rings. The van der Waals surface area contributed by atoms with Gasteiger partial charge in [-0.3, -0.25) is 9.69 Å². The molecule has 1 atom stereocenters. The van der Waals surface area contributed by atoms with E-state index < -0.39 is 24.5 Å². The number of primary amides is 1. The van der Waals surface area contributed by atoms with Crippen molar-refractivity contribution in [3.63, 3.8) is 0 Å². The first-order chi connectivity index (χ1) is 7.66. The topological polar surface area (TPSA) is 72.3 Å². The van der Waals surface area contributed by atoms with Gasteiger partial charge in [-0.05, 0) is 5.92 Å². The van der Waals surface area contributed by atoms with Crippen LogP contribution in [-0.4, -0.2) is 43.2 Å². The van der Waals surface area contributed by atoms with Gasteiger partial charge in [-0.25, -0.2) is 0 Å². The van der Waals surface area contributed by atoms with Crippen LogP contribution in [0.4, 0.5) is 13.2 Å². The average Bonchev–Trinajstić information content (AvgIpc) is 2.09. The molecule has 0 aromatic carbocycles. The lowest BCUT2D eigenvalue weighted by molar-refractivity contribution is -0.176. The molecule has 0 spiro atoms. The van der Waals surface area contributed by atoms with Gasteiger partial charge in [0.25, 0.3) is 0 Å². The van der Waals surface area contributed by atoms with E-state index in [-0.39, 0.29) is 19.0 Å². The molecule has 0 rings (SSSR count). The fourth-order valence-electron chi connectivity index (χ4n) is 1.56. The smallest absolute Gasteiger partial charge is 0.369 e. The second kappa shape index (κ2) is 6.80. The van der Waals surface area contributed by atoms with Crippen LogP contribution in [-0.2, 0) is 4.79 Å². The number of hydrogen-bond acceptors (Lipinski definition) is 3. The van der Waals surface area contributed by atoms with Gasteiger partial charge in [-0.1, -0.05) is 13.8 Å². The lowest BCUT2D eigenvalue weighted by Gasteiger charge is -2.28. The van der Waals surface area contributed by atoms with Crippen molar-refractivity contribution in [3.8, 4) is 0 Å². The zero-order chi connectivity index (χ0) is 13.6. The Morgan fingerprint density at radius 3 is 2.12 bits per heavy atom. The highest BCUT2D eigenvalue weighted by Gasteiger charge is 2.39. The van der Waals surface area contributed by atoms with E-state index in [0.717, 1.165) is 0 Å². The van der Waals surface area contributed by atoms with Gasteiger partial charge in [0.05, 0.1) is 12.5 Å². The molecule has 0 bridgehead atoms. The molecule has 7 heteroatoms. The highest BCUT2D eigenvalue weighted by Crippen LogP contribution is 2.26. The molecule has 4 nitrogen and oxygen atoms in total. The average molecular weight is 255 g/mol. The normalized spacial score (nSPS) is 14.4. The van der Waals surface area contributed by atoms with Gasteiger partial charge in [-0.15, -0.1) is 0 Å². The molecule has 0 aliphatic carbocycles. The second-order valence-electron chi connectivity index (χ2n) is 4.53. The Labute approximate surface area is 99.1 Å². The summed E-state index contributed by atoms with van der Waals surface area (Å²) >= 11 is 0. The predicted octanol–water partition coefficient (Wildman–Crippen LogP) is 0.567. The van der Waals surface area contributed by atoms with Crippen molar-refractivity contribution in [3.05, 3.63) is 0 Å². The van der Waals surface area contributed by atoms with Gasteiger partial charge >= 0.3 is 6.18 Å². The fraction of sp³-hybridized carbons (Fsp3) is 0.900. The van der Waals surface area contributed by atoms with Crippen LogP contribution in [0.2, 0.25) is 0 Å². The van der Waals surface area contributed by atoms with E-state index in [1.165, 1.54) is 4.90 Å². The molecule has 0 radical (unpaired) electrons. The second-order valence-corrected chi connectivity index (χ2v) is 4.53. The Balaban J connectivity index is 4.53. The van der Waals surface area contributed by atoms with Gasteiger partial charge in [0.2, 0.25) is 5.91 Å². The van der Waals surface area contributed by atoms with E-state index in [1.54, 1.807) is 0 Å². The number of carbonyl (C=O) groups excluding carboxylic acids is 1. The maximum Gasteiger partial charge on any atom is 0.394 e. The molecule has 0 saturated carbocycles. The lowest BCUT2D eigenvalue weighted by Crippen LogP contribution is -2.45. The number of hydrogen-bond donors (Lipinski definition) is 2. The number of carbonyl (C=O) groups is 1. The van der Waals surface area contributed by atoms with E-state index in [9.17, 15) is 18.0 Å². The van der Waals surface area contributed by atoms with Gasteiger partial charge < -0.3 is 11.5 Å². The molecular weight excluding hydrogens is 235 g/mol. The predicted molar refractivity (Wildman–Crippen MR) is 59.1 cm³/mol. The minimum atomic E-state index is -4.35. The molecule has 0 aromatic heterocycles. The third kappa shape index (κ3) is 7.17. The summed E-state index contributed by atoms with van der Waals surface area (Å²) in [5.74, 6) is -2.11. The van der Waals surface area contributed by atoms with Crippen LogP contribution >= 0.6 is 0 Å². The maximum atomic E-state index is 12.5. The van der Waals surface area contributed by atoms with Gasteiger partial charge in [0, 0.05) is 19.6 Å². The van der Waals surface area contributed by atoms with E-state index in [0.29, 0.717) is 6.54 Å². The first kappa shape index (κ1) is 16.2. The van der Waals surface area contributed by atoms with Crippen molar-refractivity contribution in [2.75, 3.05) is 26.2 Å². The molecule has 4 N–H and O–H groups in total. The Morgan fingerprint density at radius 2 is 1.82 bits per heavy atom. The fourth-order valence-corrected chi connectivity index (χ4v) is 1.56. The zero-order valence-electron chi connectivity index (χ0n) is 10.1. The molecule has 102 valence electrons. The lowest BCUT2D eigenvalue weighted by atomic mass is 10.1. The molecule has 0 heterocycles. The summed E-state index contributed by atoms with van der Waals surface area (Å²) in [6, 6.07) is 0. The van der Waals surface area contributed by atoms with Crippen molar-refractivity contribution in [1.29, 1.82) is 0 Å². The molecule has 0 aliphatic rings. The van der Waals surface area contributed by atoms with E-state index >= 15 is 0 Å². The van der Waals surface area contributed by atoms with Gasteiger partial charge in [-0.2, -0.15) is 13.2 Å². The highest BCUT2D eigenvalue weighted by molar-refractivity contribution is 5.75. The maximum absolute atomic E-state index is 12.5. The van der Waals surface area contributed by atoms with Crippen molar-refractivity contribution >= 4 is 5.91 Å². The number of rotatable bonds is 7. The summed E-state index contributed by atoms with van der Waals surface area (Å²) in [5.41, 5.74) is 10.1. The van der Waals surface area contributed by atoms with Crippen LogP contribution in [0.3, 0.4) is 0 Å². The summed E-state index contributed by atoms with van der Waals surface area (Å²) in [6.45, 7) is 3.15. The quantitative estimate of drug-likeness (QED) is 0.698. The number of nitrogens with two attached hydrogens (primary N) is 2. The van der Waals surface area contributed by atoms with Crippen LogP contribution in [0.5, 0.6) is 0 Å². The molecule has 0 aromatic rings. The molecule has 1 unspecified atom stereocenters. The van der Waals surface area contributed by atoms with Crippen molar-refractivity contribution in [2.45, 2.75) is 20.0 Å². The third-order valence-electron chi connectivity index (χ3n) is 2.23. The Bertz CT molecular complexity index is 243. The number of halogens is 3. The summed E-state index contributed by atoms with van der Waals surface area (Å²) in [6.07, 6.45) is -4.35. The van der Waals surface area contributed by atoms with Crippen LogP contribution < -0.4 is 11.5 Å². The monoisotopic (exact) mass is 255 g/mol. The van der Waals surface area contributed by atoms with Crippen LogP contribution in [0.15, 0.2) is 0 Å². The molecule has 0 aliphatic heterocycles. The summed E-state index contributed by atoms with van der Waals surface area (Å²) in [5, 5.41) is 0. The van der Waals surface area contributed by atoms with Crippen LogP contribution in [0, 0.1) is 11.8 Å². The third-order valence-corrected chi connectivity index (χ3v) is 2.23.